The summed E-state index contributed by atoms with van der Waals surface area (Å²) < 4.78 is 2.15. The van der Waals surface area contributed by atoms with Crippen LogP contribution in [0.2, 0.25) is 0 Å². The molecule has 2 rings (SSSR count). The van der Waals surface area contributed by atoms with Crippen LogP contribution in [0, 0.1) is 0 Å². The lowest BCUT2D eigenvalue weighted by Crippen LogP contribution is -2.18. The topological polar surface area (TPSA) is 24.9 Å². The van der Waals surface area contributed by atoms with Crippen molar-refractivity contribution in [3.05, 3.63) is 62.8 Å². The monoisotopic (exact) mass is 368 g/mol. The summed E-state index contributed by atoms with van der Waals surface area (Å²) in [6, 6.07) is 12.5. The van der Waals surface area contributed by atoms with E-state index in [2.05, 4.69) is 61.2 Å². The van der Waals surface area contributed by atoms with Crippen molar-refractivity contribution in [2.24, 2.45) is 0 Å². The van der Waals surface area contributed by atoms with E-state index in [1.54, 1.807) is 0 Å². The molecule has 2 nitrogen and oxygen atoms in total. The van der Waals surface area contributed by atoms with E-state index < -0.39 is 0 Å². The van der Waals surface area contributed by atoms with Crippen molar-refractivity contribution in [1.82, 2.24) is 10.3 Å². The van der Waals surface area contributed by atoms with Crippen LogP contribution in [0.3, 0.4) is 0 Å². The highest BCUT2D eigenvalue weighted by Gasteiger charge is 2.06. The standard InChI is InChI=1S/C14H14Br2N2/c1-10(14-4-2-3-7-17-14)18-9-11-5-6-12(15)13(16)8-11/h2-8,10,18H,9H2,1H3. The summed E-state index contributed by atoms with van der Waals surface area (Å²) in [6.45, 7) is 2.94. The second-order valence-electron chi connectivity index (χ2n) is 4.11. The molecule has 0 aliphatic rings. The quantitative estimate of drug-likeness (QED) is 0.860. The van der Waals surface area contributed by atoms with Crippen LogP contribution in [-0.2, 0) is 6.54 Å². The van der Waals surface area contributed by atoms with Gasteiger partial charge in [0.15, 0.2) is 0 Å². The molecular formula is C14H14Br2N2. The number of nitrogens with zero attached hydrogens (tertiary/aromatic N) is 1. The van der Waals surface area contributed by atoms with Gasteiger partial charge in [-0.1, -0.05) is 12.1 Å². The van der Waals surface area contributed by atoms with Crippen molar-refractivity contribution in [1.29, 1.82) is 0 Å². The molecule has 2 aromatic rings. The van der Waals surface area contributed by atoms with Crippen molar-refractivity contribution in [3.63, 3.8) is 0 Å². The Kier molecular flexibility index (Phi) is 4.92. The van der Waals surface area contributed by atoms with E-state index in [0.29, 0.717) is 0 Å². The summed E-state index contributed by atoms with van der Waals surface area (Å²) in [4.78, 5) is 4.34. The molecule has 0 aliphatic heterocycles. The molecule has 0 saturated heterocycles. The molecular weight excluding hydrogens is 356 g/mol. The van der Waals surface area contributed by atoms with Crippen molar-refractivity contribution in [2.75, 3.05) is 0 Å². The fraction of sp³-hybridized carbons (Fsp3) is 0.214. The van der Waals surface area contributed by atoms with Crippen LogP contribution in [0.5, 0.6) is 0 Å². The molecule has 0 fully saturated rings. The van der Waals surface area contributed by atoms with E-state index in [1.807, 2.05) is 30.5 Å². The molecule has 1 N–H and O–H groups in total. The summed E-state index contributed by atoms with van der Waals surface area (Å²) in [5.74, 6) is 0. The van der Waals surface area contributed by atoms with Gasteiger partial charge in [0.25, 0.3) is 0 Å². The van der Waals surface area contributed by atoms with Gasteiger partial charge in [-0.3, -0.25) is 4.98 Å². The summed E-state index contributed by atoms with van der Waals surface area (Å²) >= 11 is 6.98. The highest BCUT2D eigenvalue weighted by atomic mass is 79.9. The molecule has 1 heterocycles. The Morgan fingerprint density at radius 2 is 2.00 bits per heavy atom. The first-order valence-electron chi connectivity index (χ1n) is 5.75. The molecule has 4 heteroatoms. The van der Waals surface area contributed by atoms with Gasteiger partial charge in [-0.25, -0.2) is 0 Å². The summed E-state index contributed by atoms with van der Waals surface area (Å²) in [7, 11) is 0. The Morgan fingerprint density at radius 3 is 2.67 bits per heavy atom. The Hall–Kier alpha value is -0.710. The maximum absolute atomic E-state index is 4.34. The lowest BCUT2D eigenvalue weighted by Gasteiger charge is -2.13. The Bertz CT molecular complexity index is 514. The first kappa shape index (κ1) is 13.7. The van der Waals surface area contributed by atoms with E-state index in [-0.39, 0.29) is 6.04 Å². The van der Waals surface area contributed by atoms with Crippen LogP contribution in [0.15, 0.2) is 51.5 Å². The number of benzene rings is 1. The van der Waals surface area contributed by atoms with Crippen molar-refractivity contribution in [3.8, 4) is 0 Å². The lowest BCUT2D eigenvalue weighted by molar-refractivity contribution is 0.561. The number of nitrogens with one attached hydrogen (secondary N) is 1. The first-order chi connectivity index (χ1) is 8.66. The van der Waals surface area contributed by atoms with E-state index >= 15 is 0 Å². The number of halogens is 2. The van der Waals surface area contributed by atoms with Gasteiger partial charge in [0.1, 0.15) is 0 Å². The van der Waals surface area contributed by atoms with Crippen LogP contribution in [-0.4, -0.2) is 4.98 Å². The second kappa shape index (κ2) is 6.45. The molecule has 1 aromatic carbocycles. The van der Waals surface area contributed by atoms with E-state index in [1.165, 1.54) is 5.56 Å². The third kappa shape index (κ3) is 3.64. The number of aromatic nitrogens is 1. The first-order valence-corrected chi connectivity index (χ1v) is 7.33. The van der Waals surface area contributed by atoms with Gasteiger partial charge in [0.05, 0.1) is 5.69 Å². The molecule has 0 saturated carbocycles. The van der Waals surface area contributed by atoms with Crippen molar-refractivity contribution >= 4 is 31.9 Å². The third-order valence-electron chi connectivity index (χ3n) is 2.73. The van der Waals surface area contributed by atoms with Gasteiger partial charge in [0, 0.05) is 27.7 Å². The maximum atomic E-state index is 4.34. The van der Waals surface area contributed by atoms with Gasteiger partial charge in [0.2, 0.25) is 0 Å². The summed E-state index contributed by atoms with van der Waals surface area (Å²) in [5, 5.41) is 3.46. The zero-order valence-electron chi connectivity index (χ0n) is 10.0. The average molecular weight is 370 g/mol. The van der Waals surface area contributed by atoms with E-state index in [4.69, 9.17) is 0 Å². The minimum atomic E-state index is 0.244. The highest BCUT2D eigenvalue weighted by Crippen LogP contribution is 2.24. The second-order valence-corrected chi connectivity index (χ2v) is 5.81. The van der Waals surface area contributed by atoms with Gasteiger partial charge in [-0.2, -0.15) is 0 Å². The third-order valence-corrected chi connectivity index (χ3v) is 4.61. The predicted molar refractivity (Wildman–Crippen MR) is 81.3 cm³/mol. The predicted octanol–water partition coefficient (Wildman–Crippen LogP) is 4.46. The van der Waals surface area contributed by atoms with Crippen molar-refractivity contribution < 1.29 is 0 Å². The van der Waals surface area contributed by atoms with Crippen LogP contribution < -0.4 is 5.32 Å². The highest BCUT2D eigenvalue weighted by molar-refractivity contribution is 9.13. The SMILES string of the molecule is CC(NCc1ccc(Br)c(Br)c1)c1ccccn1. The number of hydrogen-bond donors (Lipinski definition) is 1. The molecule has 18 heavy (non-hydrogen) atoms. The van der Waals surface area contributed by atoms with Gasteiger partial charge in [-0.15, -0.1) is 0 Å². The fourth-order valence-corrected chi connectivity index (χ4v) is 2.33. The summed E-state index contributed by atoms with van der Waals surface area (Å²) in [6.07, 6.45) is 1.82. The van der Waals surface area contributed by atoms with Gasteiger partial charge < -0.3 is 5.32 Å². The zero-order valence-corrected chi connectivity index (χ0v) is 13.2. The minimum Gasteiger partial charge on any atom is -0.305 e. The molecule has 0 aliphatic carbocycles. The molecule has 94 valence electrons. The summed E-state index contributed by atoms with van der Waals surface area (Å²) in [5.41, 5.74) is 2.31. The van der Waals surface area contributed by atoms with E-state index in [0.717, 1.165) is 21.2 Å². The largest absolute Gasteiger partial charge is 0.305 e. The average Bonchev–Trinajstić information content (AvgIpc) is 2.41. The molecule has 0 bridgehead atoms. The number of rotatable bonds is 4. The molecule has 0 spiro atoms. The normalized spacial score (nSPS) is 12.4. The Labute approximate surface area is 124 Å². The van der Waals surface area contributed by atoms with Gasteiger partial charge in [-0.05, 0) is 68.6 Å². The maximum Gasteiger partial charge on any atom is 0.0570 e. The van der Waals surface area contributed by atoms with E-state index in [9.17, 15) is 0 Å². The van der Waals surface area contributed by atoms with Gasteiger partial charge >= 0.3 is 0 Å². The van der Waals surface area contributed by atoms with Crippen LogP contribution in [0.4, 0.5) is 0 Å². The fourth-order valence-electron chi connectivity index (χ4n) is 1.66. The molecule has 0 amide bonds. The van der Waals surface area contributed by atoms with Crippen molar-refractivity contribution in [2.45, 2.75) is 19.5 Å². The van der Waals surface area contributed by atoms with Crippen LogP contribution in [0.1, 0.15) is 24.2 Å². The molecule has 0 radical (unpaired) electrons. The number of hydrogen-bond acceptors (Lipinski definition) is 2. The molecule has 1 unspecified atom stereocenters. The molecule has 1 aromatic heterocycles. The van der Waals surface area contributed by atoms with Crippen LogP contribution in [0.25, 0.3) is 0 Å². The zero-order chi connectivity index (χ0) is 13.0. The lowest BCUT2D eigenvalue weighted by atomic mass is 10.2. The minimum absolute atomic E-state index is 0.244. The molecule has 1 atom stereocenters. The Morgan fingerprint density at radius 1 is 1.17 bits per heavy atom. The van der Waals surface area contributed by atoms with Crippen LogP contribution >= 0.6 is 31.9 Å². The number of pyridine rings is 1. The Balaban J connectivity index is 1.97. The smallest absolute Gasteiger partial charge is 0.0570 e.